The van der Waals surface area contributed by atoms with E-state index in [0.717, 1.165) is 29.9 Å². The predicted molar refractivity (Wildman–Crippen MR) is 143 cm³/mol. The molecule has 1 unspecified atom stereocenters. The van der Waals surface area contributed by atoms with Crippen LogP contribution in [-0.2, 0) is 11.0 Å². The maximum Gasteiger partial charge on any atom is 0.417 e. The molecule has 2 aromatic rings. The Labute approximate surface area is 221 Å². The molecule has 37 heavy (non-hydrogen) atoms. The van der Waals surface area contributed by atoms with Gasteiger partial charge in [0.1, 0.15) is 5.54 Å². The summed E-state index contributed by atoms with van der Waals surface area (Å²) in [6.45, 7) is 4.12. The molecule has 1 aliphatic heterocycles. The lowest BCUT2D eigenvalue weighted by atomic mass is 9.67. The zero-order chi connectivity index (χ0) is 27.3. The molecule has 1 heterocycles. The van der Waals surface area contributed by atoms with Crippen LogP contribution in [0.3, 0.4) is 0 Å². The van der Waals surface area contributed by atoms with Gasteiger partial charge in [0.25, 0.3) is 11.8 Å². The van der Waals surface area contributed by atoms with Gasteiger partial charge >= 0.3 is 6.18 Å². The molecule has 2 aliphatic rings. The number of thiocarbonyl (C=S) groups is 1. The number of carbonyl (C=O) groups excluding carboxylic acids is 2. The molecular weight excluding hydrogens is 520 g/mol. The number of nitriles is 1. The summed E-state index contributed by atoms with van der Waals surface area (Å²) in [5.74, 6) is -0.673. The highest BCUT2D eigenvalue weighted by Gasteiger charge is 2.59. The van der Waals surface area contributed by atoms with Crippen LogP contribution in [0.25, 0.3) is 0 Å². The fraction of sp³-hybridized carbons (Fsp3) is 0.385. The van der Waals surface area contributed by atoms with E-state index in [2.05, 4.69) is 28.4 Å². The molecule has 1 saturated carbocycles. The molecule has 1 N–H and O–H groups in total. The second kappa shape index (κ2) is 9.38. The Morgan fingerprint density at radius 2 is 1.84 bits per heavy atom. The van der Waals surface area contributed by atoms with Crippen molar-refractivity contribution in [3.63, 3.8) is 0 Å². The van der Waals surface area contributed by atoms with Crippen LogP contribution >= 0.6 is 21.5 Å². The van der Waals surface area contributed by atoms with Crippen molar-refractivity contribution >= 4 is 55.1 Å². The third-order valence-electron chi connectivity index (χ3n) is 7.08. The Balaban J connectivity index is 1.89. The van der Waals surface area contributed by atoms with Crippen molar-refractivity contribution in [1.82, 2.24) is 5.32 Å². The van der Waals surface area contributed by atoms with E-state index in [1.54, 1.807) is 29.2 Å². The van der Waals surface area contributed by atoms with Crippen LogP contribution in [-0.4, -0.2) is 29.5 Å². The zero-order valence-corrected chi connectivity index (χ0v) is 22.5. The molecule has 0 aromatic heterocycles. The molecule has 1 saturated heterocycles. The number of benzene rings is 2. The lowest BCUT2D eigenvalue weighted by Crippen LogP contribution is -2.54. The third-order valence-corrected chi connectivity index (χ3v) is 7.92. The van der Waals surface area contributed by atoms with Crippen molar-refractivity contribution in [2.24, 2.45) is 5.41 Å². The molecule has 0 bridgehead atoms. The second-order valence-corrected chi connectivity index (χ2v) is 11.2. The van der Waals surface area contributed by atoms with Crippen molar-refractivity contribution < 1.29 is 22.8 Å². The van der Waals surface area contributed by atoms with Crippen molar-refractivity contribution in [2.75, 3.05) is 16.8 Å². The second-order valence-electron chi connectivity index (χ2n) is 10.2. The van der Waals surface area contributed by atoms with Gasteiger partial charge in [-0.2, -0.15) is 18.4 Å². The number of hydrogen-bond donors (Lipinski definition) is 1. The molecule has 2 amide bonds. The van der Waals surface area contributed by atoms with Crippen LogP contribution in [0, 0.1) is 16.7 Å². The van der Waals surface area contributed by atoms with Gasteiger partial charge in [-0.1, -0.05) is 20.3 Å². The first-order valence-electron chi connectivity index (χ1n) is 11.7. The van der Waals surface area contributed by atoms with E-state index in [-0.39, 0.29) is 22.1 Å². The first kappa shape index (κ1) is 27.0. The quantitative estimate of drug-likeness (QED) is 0.437. The summed E-state index contributed by atoms with van der Waals surface area (Å²) < 4.78 is 41.2. The standard InChI is InChI=1S/C26H26F3N4O2PS/c1-24(2)9-4-10-25(14-24)22(35)32(16-6-5-15(13-30)19(11-16)26(27,28)29)23(37)33(25)17-7-8-18(20(36)12-17)21(34)31-3/h5-8,11-12H,4,9-10,14,36H2,1-3H3,(H,31,34)/t25-/m1/s1. The van der Waals surface area contributed by atoms with E-state index < -0.39 is 28.7 Å². The average Bonchev–Trinajstić information content (AvgIpc) is 3.02. The molecule has 2 atom stereocenters. The number of rotatable bonds is 3. The minimum absolute atomic E-state index is 0.0420. The molecule has 1 aliphatic carbocycles. The topological polar surface area (TPSA) is 76.4 Å². The van der Waals surface area contributed by atoms with Gasteiger partial charge in [-0.15, -0.1) is 9.24 Å². The van der Waals surface area contributed by atoms with Gasteiger partial charge in [0.05, 0.1) is 22.9 Å². The van der Waals surface area contributed by atoms with E-state index in [4.69, 9.17) is 12.2 Å². The minimum atomic E-state index is -4.78. The fourth-order valence-corrected chi connectivity index (χ4v) is 6.36. The Kier molecular flexibility index (Phi) is 6.85. The third kappa shape index (κ3) is 4.60. The zero-order valence-electron chi connectivity index (χ0n) is 20.6. The molecule has 194 valence electrons. The minimum Gasteiger partial charge on any atom is -0.355 e. The van der Waals surface area contributed by atoms with Crippen LogP contribution in [0.15, 0.2) is 36.4 Å². The van der Waals surface area contributed by atoms with Gasteiger partial charge in [-0.05, 0) is 78.6 Å². The molecule has 0 radical (unpaired) electrons. The van der Waals surface area contributed by atoms with Gasteiger partial charge in [0.2, 0.25) is 0 Å². The van der Waals surface area contributed by atoms with Crippen LogP contribution < -0.4 is 20.4 Å². The number of halogens is 3. The summed E-state index contributed by atoms with van der Waals surface area (Å²) in [7, 11) is 4.04. The Bertz CT molecular complexity index is 1350. The van der Waals surface area contributed by atoms with Crippen LogP contribution in [0.1, 0.15) is 61.0 Å². The first-order valence-corrected chi connectivity index (χ1v) is 12.7. The Hall–Kier alpha value is -3.02. The number of nitrogens with one attached hydrogen (secondary N) is 1. The molecule has 1 spiro atoms. The highest BCUT2D eigenvalue weighted by atomic mass is 32.1. The van der Waals surface area contributed by atoms with E-state index in [1.165, 1.54) is 13.1 Å². The lowest BCUT2D eigenvalue weighted by Gasteiger charge is -2.45. The average molecular weight is 547 g/mol. The van der Waals surface area contributed by atoms with E-state index >= 15 is 0 Å². The van der Waals surface area contributed by atoms with Crippen LogP contribution in [0.2, 0.25) is 0 Å². The SMILES string of the molecule is CNC(=O)c1ccc(N2C(=S)N(c3ccc(C#N)c(C(F)(F)F)c3)C(=O)[C@]23CCCC(C)(C)C3)cc1P. The normalized spacial score (nSPS) is 21.4. The Morgan fingerprint density at radius 1 is 1.16 bits per heavy atom. The van der Waals surface area contributed by atoms with Crippen LogP contribution in [0.5, 0.6) is 0 Å². The summed E-state index contributed by atoms with van der Waals surface area (Å²) in [6.07, 6.45) is -2.24. The number of nitrogens with zero attached hydrogens (tertiary/aromatic N) is 3. The summed E-state index contributed by atoms with van der Waals surface area (Å²) in [4.78, 5) is 29.3. The van der Waals surface area contributed by atoms with Gasteiger partial charge in [0, 0.05) is 18.3 Å². The highest BCUT2D eigenvalue weighted by Crippen LogP contribution is 2.50. The first-order chi connectivity index (χ1) is 17.3. The maximum atomic E-state index is 14.2. The summed E-state index contributed by atoms with van der Waals surface area (Å²) in [5, 5.41) is 12.4. The summed E-state index contributed by atoms with van der Waals surface area (Å²) in [6, 6.07) is 9.83. The van der Waals surface area contributed by atoms with E-state index in [1.807, 2.05) is 0 Å². The lowest BCUT2D eigenvalue weighted by molar-refractivity contribution is -0.137. The van der Waals surface area contributed by atoms with Gasteiger partial charge in [-0.25, -0.2) is 0 Å². The monoisotopic (exact) mass is 546 g/mol. The number of alkyl halides is 3. The molecular formula is C26H26F3N4O2PS. The molecule has 6 nitrogen and oxygen atoms in total. The van der Waals surface area contributed by atoms with Crippen molar-refractivity contribution in [2.45, 2.75) is 51.2 Å². The Morgan fingerprint density at radius 3 is 2.41 bits per heavy atom. The summed E-state index contributed by atoms with van der Waals surface area (Å²) >= 11 is 5.78. The van der Waals surface area contributed by atoms with E-state index in [9.17, 15) is 28.0 Å². The number of amides is 2. The molecule has 4 rings (SSSR count). The predicted octanol–water partition coefficient (Wildman–Crippen LogP) is 4.91. The van der Waals surface area contributed by atoms with Crippen LogP contribution in [0.4, 0.5) is 24.5 Å². The molecule has 2 aromatic carbocycles. The smallest absolute Gasteiger partial charge is 0.355 e. The van der Waals surface area contributed by atoms with Gasteiger partial charge < -0.3 is 10.2 Å². The molecule has 2 fully saturated rings. The van der Waals surface area contributed by atoms with Gasteiger partial charge in [0.15, 0.2) is 5.11 Å². The largest absolute Gasteiger partial charge is 0.417 e. The van der Waals surface area contributed by atoms with Crippen molar-refractivity contribution in [1.29, 1.82) is 5.26 Å². The fourth-order valence-electron chi connectivity index (χ4n) is 5.49. The van der Waals surface area contributed by atoms with Crippen molar-refractivity contribution in [3.05, 3.63) is 53.1 Å². The maximum absolute atomic E-state index is 14.2. The number of hydrogen-bond acceptors (Lipinski definition) is 4. The number of anilines is 2. The van der Waals surface area contributed by atoms with Crippen molar-refractivity contribution in [3.8, 4) is 6.07 Å². The summed E-state index contributed by atoms with van der Waals surface area (Å²) in [5.41, 5.74) is -2.01. The van der Waals surface area contributed by atoms with E-state index in [0.29, 0.717) is 29.4 Å². The highest BCUT2D eigenvalue weighted by molar-refractivity contribution is 7.81. The number of carbonyl (C=O) groups is 2. The van der Waals surface area contributed by atoms with Gasteiger partial charge in [-0.3, -0.25) is 14.5 Å². The molecule has 11 heteroatoms.